The lowest BCUT2D eigenvalue weighted by molar-refractivity contribution is 0.0916. The van der Waals surface area contributed by atoms with Crippen LogP contribution in [0.5, 0.6) is 11.5 Å². The van der Waals surface area contributed by atoms with Crippen LogP contribution in [0.15, 0.2) is 54.6 Å². The Balaban J connectivity index is 1.88. The van der Waals surface area contributed by atoms with Crippen molar-refractivity contribution >= 4 is 5.91 Å². The molecule has 3 aromatic rings. The van der Waals surface area contributed by atoms with Crippen LogP contribution in [-0.2, 0) is 0 Å². The number of nitrogens with zero attached hydrogens (tertiary/aromatic N) is 2. The Labute approximate surface area is 156 Å². The molecule has 1 heterocycles. The van der Waals surface area contributed by atoms with Gasteiger partial charge in [0.25, 0.3) is 5.91 Å². The zero-order valence-corrected chi connectivity index (χ0v) is 14.7. The largest absolute Gasteiger partial charge is 0.457 e. The molecule has 0 aliphatic heterocycles. The molecule has 1 aromatic heterocycles. The Morgan fingerprint density at radius 2 is 1.67 bits per heavy atom. The molecular formula is C20H19N3O4. The average Bonchev–Trinajstić information content (AvgIpc) is 2.69. The van der Waals surface area contributed by atoms with Crippen LogP contribution in [0.2, 0.25) is 0 Å². The van der Waals surface area contributed by atoms with E-state index in [9.17, 15) is 9.90 Å². The quantitative estimate of drug-likeness (QED) is 0.617. The third-order valence-electron chi connectivity index (χ3n) is 3.88. The SMILES string of the molecule is Cc1ccc(Oc2ccc(-c3nc(C(N)=O)cc([C@@H](O)CO)n3)cc2)cc1. The smallest absolute Gasteiger partial charge is 0.267 e. The van der Waals surface area contributed by atoms with Crippen LogP contribution in [0, 0.1) is 6.92 Å². The lowest BCUT2D eigenvalue weighted by Crippen LogP contribution is -2.16. The summed E-state index contributed by atoms with van der Waals surface area (Å²) in [6, 6.07) is 15.9. The molecule has 0 saturated carbocycles. The lowest BCUT2D eigenvalue weighted by Gasteiger charge is -2.11. The van der Waals surface area contributed by atoms with Crippen LogP contribution in [0.25, 0.3) is 11.4 Å². The van der Waals surface area contributed by atoms with Gasteiger partial charge in [-0.25, -0.2) is 9.97 Å². The highest BCUT2D eigenvalue weighted by Gasteiger charge is 2.15. The molecule has 0 unspecified atom stereocenters. The Morgan fingerprint density at radius 3 is 2.22 bits per heavy atom. The summed E-state index contributed by atoms with van der Waals surface area (Å²) in [4.78, 5) is 19.8. The summed E-state index contributed by atoms with van der Waals surface area (Å²) in [5, 5.41) is 19.0. The van der Waals surface area contributed by atoms with Crippen LogP contribution in [-0.4, -0.2) is 32.7 Å². The molecule has 0 spiro atoms. The van der Waals surface area contributed by atoms with E-state index in [0.29, 0.717) is 17.1 Å². The number of hydrogen-bond acceptors (Lipinski definition) is 6. The molecule has 7 heteroatoms. The third-order valence-corrected chi connectivity index (χ3v) is 3.88. The molecule has 0 aliphatic rings. The van der Waals surface area contributed by atoms with E-state index in [1.54, 1.807) is 24.3 Å². The number of benzene rings is 2. The van der Waals surface area contributed by atoms with Crippen LogP contribution < -0.4 is 10.5 Å². The van der Waals surface area contributed by atoms with Gasteiger partial charge in [0.1, 0.15) is 23.3 Å². The van der Waals surface area contributed by atoms with E-state index in [1.807, 2.05) is 31.2 Å². The van der Waals surface area contributed by atoms with E-state index >= 15 is 0 Å². The van der Waals surface area contributed by atoms with Gasteiger partial charge in [-0.05, 0) is 49.4 Å². The van der Waals surface area contributed by atoms with Gasteiger partial charge in [0.2, 0.25) is 0 Å². The van der Waals surface area contributed by atoms with Crippen LogP contribution >= 0.6 is 0 Å². The van der Waals surface area contributed by atoms with E-state index in [0.717, 1.165) is 5.56 Å². The van der Waals surface area contributed by atoms with Gasteiger partial charge in [-0.2, -0.15) is 0 Å². The summed E-state index contributed by atoms with van der Waals surface area (Å²) in [5.74, 6) is 0.818. The summed E-state index contributed by atoms with van der Waals surface area (Å²) in [7, 11) is 0. The normalized spacial score (nSPS) is 11.8. The highest BCUT2D eigenvalue weighted by Crippen LogP contribution is 2.25. The van der Waals surface area contributed by atoms with E-state index < -0.39 is 18.6 Å². The van der Waals surface area contributed by atoms with Gasteiger partial charge < -0.3 is 20.7 Å². The van der Waals surface area contributed by atoms with Crippen molar-refractivity contribution in [3.63, 3.8) is 0 Å². The van der Waals surface area contributed by atoms with Crippen molar-refractivity contribution in [3.8, 4) is 22.9 Å². The van der Waals surface area contributed by atoms with E-state index in [2.05, 4.69) is 9.97 Å². The van der Waals surface area contributed by atoms with Crippen LogP contribution in [0.3, 0.4) is 0 Å². The number of aliphatic hydroxyl groups excluding tert-OH is 2. The minimum absolute atomic E-state index is 0.0394. The Kier molecular flexibility index (Phi) is 5.44. The van der Waals surface area contributed by atoms with Gasteiger partial charge in [0.05, 0.1) is 12.3 Å². The number of rotatable bonds is 6. The van der Waals surface area contributed by atoms with Crippen molar-refractivity contribution in [2.75, 3.05) is 6.61 Å². The van der Waals surface area contributed by atoms with Gasteiger partial charge in [0.15, 0.2) is 5.82 Å². The number of carbonyl (C=O) groups is 1. The van der Waals surface area contributed by atoms with Crippen molar-refractivity contribution in [2.24, 2.45) is 5.73 Å². The summed E-state index contributed by atoms with van der Waals surface area (Å²) in [6.07, 6.45) is -1.23. The maximum Gasteiger partial charge on any atom is 0.267 e. The summed E-state index contributed by atoms with van der Waals surface area (Å²) >= 11 is 0. The van der Waals surface area contributed by atoms with Gasteiger partial charge in [0, 0.05) is 5.56 Å². The second-order valence-electron chi connectivity index (χ2n) is 6.00. The number of amides is 1. The molecular weight excluding hydrogens is 346 g/mol. The zero-order valence-electron chi connectivity index (χ0n) is 14.7. The monoisotopic (exact) mass is 365 g/mol. The van der Waals surface area contributed by atoms with E-state index in [4.69, 9.17) is 15.6 Å². The predicted octanol–water partition coefficient (Wildman–Crippen LogP) is 2.37. The summed E-state index contributed by atoms with van der Waals surface area (Å²) < 4.78 is 5.78. The number of aryl methyl sites for hydroxylation is 1. The summed E-state index contributed by atoms with van der Waals surface area (Å²) in [6.45, 7) is 1.47. The summed E-state index contributed by atoms with van der Waals surface area (Å²) in [5.41, 5.74) is 7.14. The van der Waals surface area contributed by atoms with Crippen molar-refractivity contribution < 1.29 is 19.7 Å². The molecule has 0 bridgehead atoms. The van der Waals surface area contributed by atoms with Crippen molar-refractivity contribution in [1.82, 2.24) is 9.97 Å². The molecule has 138 valence electrons. The highest BCUT2D eigenvalue weighted by atomic mass is 16.5. The zero-order chi connectivity index (χ0) is 19.4. The van der Waals surface area contributed by atoms with Crippen LogP contribution in [0.4, 0.5) is 0 Å². The number of aromatic nitrogens is 2. The molecule has 3 rings (SSSR count). The second-order valence-corrected chi connectivity index (χ2v) is 6.00. The number of primary amides is 1. The van der Waals surface area contributed by atoms with Crippen LogP contribution in [0.1, 0.15) is 27.8 Å². The molecule has 1 amide bonds. The second kappa shape index (κ2) is 7.94. The molecule has 2 aromatic carbocycles. The molecule has 27 heavy (non-hydrogen) atoms. The Bertz CT molecular complexity index is 940. The number of nitrogens with two attached hydrogens (primary N) is 1. The van der Waals surface area contributed by atoms with E-state index in [-0.39, 0.29) is 17.2 Å². The van der Waals surface area contributed by atoms with Crippen molar-refractivity contribution in [1.29, 1.82) is 0 Å². The van der Waals surface area contributed by atoms with Crippen molar-refractivity contribution in [2.45, 2.75) is 13.0 Å². The molecule has 1 atom stereocenters. The molecule has 0 aliphatic carbocycles. The number of aliphatic hydroxyl groups is 2. The fourth-order valence-electron chi connectivity index (χ4n) is 2.40. The van der Waals surface area contributed by atoms with Crippen molar-refractivity contribution in [3.05, 3.63) is 71.5 Å². The fraction of sp³-hybridized carbons (Fsp3) is 0.150. The molecule has 0 saturated heterocycles. The van der Waals surface area contributed by atoms with Gasteiger partial charge >= 0.3 is 0 Å². The lowest BCUT2D eigenvalue weighted by atomic mass is 10.1. The topological polar surface area (TPSA) is 119 Å². The maximum absolute atomic E-state index is 11.5. The molecule has 0 radical (unpaired) electrons. The molecule has 4 N–H and O–H groups in total. The minimum atomic E-state index is -1.23. The number of hydrogen-bond donors (Lipinski definition) is 3. The fourth-order valence-corrected chi connectivity index (χ4v) is 2.40. The predicted molar refractivity (Wildman–Crippen MR) is 99.3 cm³/mol. The Morgan fingerprint density at radius 1 is 1.07 bits per heavy atom. The Hall–Kier alpha value is -3.29. The highest BCUT2D eigenvalue weighted by molar-refractivity contribution is 5.91. The van der Waals surface area contributed by atoms with E-state index in [1.165, 1.54) is 6.07 Å². The standard InChI is InChI=1S/C20H19N3O4/c1-12-2-6-14(7-3-12)27-15-8-4-13(5-9-15)20-22-16(18(25)11-24)10-17(23-20)19(21)26/h2-10,18,24-25H,11H2,1H3,(H2,21,26)/t18-/m0/s1. The number of carbonyl (C=O) groups excluding carboxylic acids is 1. The van der Waals surface area contributed by atoms with Gasteiger partial charge in [-0.1, -0.05) is 17.7 Å². The first-order chi connectivity index (χ1) is 13.0. The maximum atomic E-state index is 11.5. The first-order valence-electron chi connectivity index (χ1n) is 8.29. The average molecular weight is 365 g/mol. The number of ether oxygens (including phenoxy) is 1. The first kappa shape index (κ1) is 18.5. The first-order valence-corrected chi connectivity index (χ1v) is 8.29. The molecule has 7 nitrogen and oxygen atoms in total. The minimum Gasteiger partial charge on any atom is -0.457 e. The third kappa shape index (κ3) is 4.46. The van der Waals surface area contributed by atoms with Gasteiger partial charge in [-0.15, -0.1) is 0 Å². The molecule has 0 fully saturated rings. The van der Waals surface area contributed by atoms with Gasteiger partial charge in [-0.3, -0.25) is 4.79 Å².